The van der Waals surface area contributed by atoms with E-state index >= 15 is 0 Å². The van der Waals surface area contributed by atoms with E-state index in [-0.39, 0.29) is 54.2 Å². The van der Waals surface area contributed by atoms with Crippen molar-refractivity contribution in [2.24, 2.45) is 7.05 Å². The second-order valence-corrected chi connectivity index (χ2v) is 6.10. The van der Waals surface area contributed by atoms with E-state index in [1.165, 1.54) is 23.1 Å². The molecule has 3 rings (SSSR count). The maximum atomic E-state index is 13.3. The fraction of sp³-hybridized carbons (Fsp3) is 0.263. The predicted molar refractivity (Wildman–Crippen MR) is 97.2 cm³/mol. The van der Waals surface area contributed by atoms with Gasteiger partial charge in [0.15, 0.2) is 11.8 Å². The normalized spacial score (nSPS) is 9.97. The summed E-state index contributed by atoms with van der Waals surface area (Å²) in [5.41, 5.74) is 2.85. The van der Waals surface area contributed by atoms with Crippen LogP contribution in [0, 0.1) is 39.8 Å². The van der Waals surface area contributed by atoms with E-state index in [9.17, 15) is 9.59 Å². The Morgan fingerprint density at radius 3 is 1.69 bits per heavy atom. The van der Waals surface area contributed by atoms with Crippen molar-refractivity contribution < 1.29 is 46.7 Å². The minimum absolute atomic E-state index is 0. The quantitative estimate of drug-likeness (QED) is 0.435. The van der Waals surface area contributed by atoms with E-state index in [2.05, 4.69) is 32.2 Å². The molecule has 0 aromatic carbocycles. The smallest absolute Gasteiger partial charge is 0.235 e. The molecule has 148 valence electrons. The summed E-state index contributed by atoms with van der Waals surface area (Å²) in [4.78, 5) is 40.1. The van der Waals surface area contributed by atoms with Crippen LogP contribution >= 0.6 is 0 Å². The molecular weight excluding hydrogens is 446 g/mol. The van der Waals surface area contributed by atoms with Gasteiger partial charge in [-0.05, 0) is 39.1 Å². The SMILES string of the molecule is Cc1[c-]cc(C(=O)N(C(=O)c2c[c-]c(C)nc2C)c2ncnn2C)c(C)n1.[V].[V]. The summed E-state index contributed by atoms with van der Waals surface area (Å²) in [5.74, 6) is -1.01. The Hall–Kier alpha value is -2.25. The molecule has 0 aliphatic heterocycles. The molecule has 0 aliphatic carbocycles. The molecule has 0 aliphatic rings. The maximum Gasteiger partial charge on any atom is 0.235 e. The van der Waals surface area contributed by atoms with Crippen molar-refractivity contribution >= 4 is 17.8 Å². The molecule has 0 spiro atoms. The predicted octanol–water partition coefficient (Wildman–Crippen LogP) is 1.92. The number of carbonyl (C=O) groups is 2. The monoisotopic (exact) mass is 464 g/mol. The van der Waals surface area contributed by atoms with Crippen LogP contribution in [-0.2, 0) is 44.2 Å². The Morgan fingerprint density at radius 2 is 1.34 bits per heavy atom. The molecule has 0 unspecified atom stereocenters. The van der Waals surface area contributed by atoms with Crippen LogP contribution in [0.4, 0.5) is 5.95 Å². The number of pyridine rings is 2. The molecule has 8 nitrogen and oxygen atoms in total. The summed E-state index contributed by atoms with van der Waals surface area (Å²) in [6, 6.07) is 8.87. The minimum atomic E-state index is -0.558. The second kappa shape index (κ2) is 9.98. The first-order chi connectivity index (χ1) is 12.8. The molecule has 0 bridgehead atoms. The zero-order valence-electron chi connectivity index (χ0n) is 16.6. The van der Waals surface area contributed by atoms with Gasteiger partial charge in [0.2, 0.25) is 5.95 Å². The van der Waals surface area contributed by atoms with Gasteiger partial charge in [-0.25, -0.2) is 33.8 Å². The first kappa shape index (κ1) is 24.8. The summed E-state index contributed by atoms with van der Waals surface area (Å²) < 4.78 is 1.36. The first-order valence-electron chi connectivity index (χ1n) is 8.24. The molecule has 0 N–H and O–H groups in total. The van der Waals surface area contributed by atoms with E-state index < -0.39 is 11.8 Å². The van der Waals surface area contributed by atoms with Crippen molar-refractivity contribution in [2.75, 3.05) is 4.90 Å². The fourth-order valence-corrected chi connectivity index (χ4v) is 2.69. The van der Waals surface area contributed by atoms with Gasteiger partial charge in [-0.1, -0.05) is 22.5 Å². The zero-order valence-corrected chi connectivity index (χ0v) is 19.4. The van der Waals surface area contributed by atoms with E-state index in [4.69, 9.17) is 0 Å². The van der Waals surface area contributed by atoms with Crippen molar-refractivity contribution in [3.8, 4) is 0 Å². The van der Waals surface area contributed by atoms with E-state index in [0.717, 1.165) is 4.90 Å². The number of aromatic nitrogens is 5. The number of nitrogens with zero attached hydrogens (tertiary/aromatic N) is 6. The number of hydrogen-bond acceptors (Lipinski definition) is 6. The van der Waals surface area contributed by atoms with Crippen LogP contribution in [-0.4, -0.2) is 36.5 Å². The van der Waals surface area contributed by atoms with Gasteiger partial charge >= 0.3 is 0 Å². The van der Waals surface area contributed by atoms with E-state index in [1.807, 2.05) is 0 Å². The Kier molecular flexibility index (Phi) is 8.53. The minimum Gasteiger partial charge on any atom is -0.297 e. The Morgan fingerprint density at radius 1 is 0.897 bits per heavy atom. The molecule has 0 saturated carbocycles. The topological polar surface area (TPSA) is 93.9 Å². The average Bonchev–Trinajstić information content (AvgIpc) is 3.00. The first-order valence-corrected chi connectivity index (χ1v) is 8.24. The summed E-state index contributed by atoms with van der Waals surface area (Å²) >= 11 is 0. The molecular formula is C19H18N6O2V2-2. The van der Waals surface area contributed by atoms with E-state index in [0.29, 0.717) is 22.8 Å². The Balaban J connectivity index is 0.00000210. The third-order valence-electron chi connectivity index (χ3n) is 4.06. The number of amides is 2. The molecule has 10 heteroatoms. The number of anilines is 1. The van der Waals surface area contributed by atoms with Crippen LogP contribution < -0.4 is 4.90 Å². The molecule has 0 saturated heterocycles. The third-order valence-corrected chi connectivity index (χ3v) is 4.06. The number of imide groups is 1. The van der Waals surface area contributed by atoms with Crippen LogP contribution in [0.1, 0.15) is 43.5 Å². The van der Waals surface area contributed by atoms with Gasteiger partial charge in [-0.3, -0.25) is 19.6 Å². The van der Waals surface area contributed by atoms with Crippen molar-refractivity contribution in [2.45, 2.75) is 27.7 Å². The number of aryl methyl sites for hydroxylation is 5. The second-order valence-electron chi connectivity index (χ2n) is 6.10. The standard InChI is InChI=1S/C19H18N6O2.2V/c1-11-6-8-15(13(3)22-11)17(26)25(19-20-10-21-24(19)5)18(27)16-9-7-12(2)23-14(16)4;;/h8-10H,1-5H3;;/q-2;;. The number of rotatable bonds is 3. The largest absolute Gasteiger partial charge is 0.297 e. The van der Waals surface area contributed by atoms with Crippen LogP contribution in [0.15, 0.2) is 18.5 Å². The molecule has 0 fully saturated rings. The molecule has 3 aromatic heterocycles. The Bertz CT molecular complexity index is 987. The van der Waals surface area contributed by atoms with Gasteiger partial charge in [0.1, 0.15) is 6.33 Å². The van der Waals surface area contributed by atoms with Gasteiger partial charge in [0.05, 0.1) is 0 Å². The van der Waals surface area contributed by atoms with E-state index in [1.54, 1.807) is 34.7 Å². The molecule has 29 heavy (non-hydrogen) atoms. The molecule has 3 aromatic rings. The molecule has 3 heterocycles. The van der Waals surface area contributed by atoms with Crippen molar-refractivity contribution in [1.29, 1.82) is 0 Å². The summed E-state index contributed by atoms with van der Waals surface area (Å²) in [6.07, 6.45) is 1.28. The van der Waals surface area contributed by atoms with Crippen LogP contribution in [0.5, 0.6) is 0 Å². The van der Waals surface area contributed by atoms with Crippen LogP contribution in [0.2, 0.25) is 0 Å². The van der Waals surface area contributed by atoms with Gasteiger partial charge in [0, 0.05) is 44.2 Å². The molecule has 0 atom stereocenters. The van der Waals surface area contributed by atoms with Crippen LogP contribution in [0.25, 0.3) is 0 Å². The molecule has 2 radical (unpaired) electrons. The summed E-state index contributed by atoms with van der Waals surface area (Å²) in [7, 11) is 1.61. The number of carbonyl (C=O) groups excluding carboxylic acids is 2. The maximum absolute atomic E-state index is 13.3. The average molecular weight is 464 g/mol. The summed E-state index contributed by atoms with van der Waals surface area (Å²) in [5, 5.41) is 3.98. The van der Waals surface area contributed by atoms with Gasteiger partial charge in [-0.2, -0.15) is 10.1 Å². The third kappa shape index (κ3) is 5.03. The van der Waals surface area contributed by atoms with Crippen molar-refractivity contribution in [1.82, 2.24) is 24.7 Å². The van der Waals surface area contributed by atoms with Gasteiger partial charge in [0.25, 0.3) is 0 Å². The summed E-state index contributed by atoms with van der Waals surface area (Å²) in [6.45, 7) is 6.98. The van der Waals surface area contributed by atoms with Crippen molar-refractivity contribution in [3.05, 3.63) is 64.5 Å². The Labute approximate surface area is 192 Å². The zero-order chi connectivity index (χ0) is 19.7. The molecule has 2 amide bonds. The van der Waals surface area contributed by atoms with Crippen LogP contribution in [0.3, 0.4) is 0 Å². The van der Waals surface area contributed by atoms with Gasteiger partial charge in [-0.15, -0.1) is 0 Å². The number of hydrogen-bond donors (Lipinski definition) is 0. The van der Waals surface area contributed by atoms with Crippen molar-refractivity contribution in [3.63, 3.8) is 0 Å². The fourth-order valence-electron chi connectivity index (χ4n) is 2.69. The van der Waals surface area contributed by atoms with Gasteiger partial charge < -0.3 is 0 Å².